The Hall–Kier alpha value is -5.09. The van der Waals surface area contributed by atoms with Crippen LogP contribution in [0.4, 0.5) is 5.69 Å². The van der Waals surface area contributed by atoms with Crippen molar-refractivity contribution >= 4 is 23.4 Å². The van der Waals surface area contributed by atoms with Crippen LogP contribution in [-0.2, 0) is 22.6 Å². The Morgan fingerprint density at radius 2 is 1.73 bits per heavy atom. The molecule has 0 saturated carbocycles. The molecule has 2 fully saturated rings. The van der Waals surface area contributed by atoms with Crippen LogP contribution < -0.4 is 19.7 Å². The summed E-state index contributed by atoms with van der Waals surface area (Å²) in [5.41, 5.74) is 6.27. The van der Waals surface area contributed by atoms with Crippen LogP contribution in [0.2, 0.25) is 0 Å². The average molecular weight is 745 g/mol. The molecule has 8 rings (SSSR count). The van der Waals surface area contributed by atoms with E-state index in [-0.39, 0.29) is 18.2 Å². The molecule has 4 atom stereocenters. The number of amides is 3. The first-order valence-electron chi connectivity index (χ1n) is 20.1. The van der Waals surface area contributed by atoms with Crippen LogP contribution in [0.3, 0.4) is 0 Å². The lowest BCUT2D eigenvalue weighted by Crippen LogP contribution is -2.52. The second-order valence-corrected chi connectivity index (χ2v) is 15.6. The van der Waals surface area contributed by atoms with E-state index < -0.39 is 11.9 Å². The number of rotatable bonds is 12. The number of nitrogens with zero attached hydrogens (tertiary/aromatic N) is 3. The number of imide groups is 1. The fraction of sp³-hybridized carbons (Fsp3) is 0.444. The molecular formula is C45H52N4O6. The van der Waals surface area contributed by atoms with Gasteiger partial charge in [-0.25, -0.2) is 0 Å². The zero-order chi connectivity index (χ0) is 37.9. The molecule has 288 valence electrons. The van der Waals surface area contributed by atoms with Crippen molar-refractivity contribution in [1.82, 2.24) is 15.1 Å². The number of allylic oxidation sites excluding steroid dienone is 4. The third-order valence-corrected chi connectivity index (χ3v) is 12.4. The van der Waals surface area contributed by atoms with Crippen LogP contribution in [0.1, 0.15) is 83.5 Å². The molecule has 0 bridgehead atoms. The SMILES string of the molecule is COc1c(N2CCN(CCCCCOc3ccc([C@@H]4c5ccc(O)cc5CC[C@@H]4C4C=CC=CC4)cc3)CC2)ccc2c1CN(C1CCC(=O)NC1=O)C2=O. The second kappa shape index (κ2) is 16.3. The highest BCUT2D eigenvalue weighted by atomic mass is 16.5. The predicted molar refractivity (Wildman–Crippen MR) is 212 cm³/mol. The van der Waals surface area contributed by atoms with E-state index >= 15 is 0 Å². The molecule has 2 unspecified atom stereocenters. The van der Waals surface area contributed by atoms with Crippen LogP contribution in [-0.4, -0.2) is 85.1 Å². The lowest BCUT2D eigenvalue weighted by Gasteiger charge is -2.38. The largest absolute Gasteiger partial charge is 0.508 e. The fourth-order valence-corrected chi connectivity index (χ4v) is 9.50. The molecule has 2 N–H and O–H groups in total. The van der Waals surface area contributed by atoms with E-state index in [0.29, 0.717) is 54.4 Å². The molecule has 10 nitrogen and oxygen atoms in total. The lowest BCUT2D eigenvalue weighted by atomic mass is 9.66. The number of aromatic hydroxyl groups is 1. The second-order valence-electron chi connectivity index (χ2n) is 15.6. The number of hydrogen-bond acceptors (Lipinski definition) is 8. The Bertz CT molecular complexity index is 1970. The van der Waals surface area contributed by atoms with Crippen LogP contribution in [0.15, 0.2) is 78.9 Å². The number of nitrogens with one attached hydrogen (secondary N) is 1. The first-order chi connectivity index (χ1) is 26.9. The molecule has 55 heavy (non-hydrogen) atoms. The number of methoxy groups -OCH3 is 1. The van der Waals surface area contributed by atoms with Gasteiger partial charge in [0, 0.05) is 49.6 Å². The fourth-order valence-electron chi connectivity index (χ4n) is 9.50. The van der Waals surface area contributed by atoms with Gasteiger partial charge in [0.1, 0.15) is 23.3 Å². The van der Waals surface area contributed by atoms with E-state index in [0.717, 1.165) is 88.2 Å². The van der Waals surface area contributed by atoms with Gasteiger partial charge in [-0.1, -0.05) is 42.5 Å². The molecule has 0 spiro atoms. The van der Waals surface area contributed by atoms with Crippen molar-refractivity contribution in [2.24, 2.45) is 11.8 Å². The van der Waals surface area contributed by atoms with E-state index in [4.69, 9.17) is 9.47 Å². The number of piperazine rings is 1. The zero-order valence-electron chi connectivity index (χ0n) is 31.8. The molecule has 3 aliphatic heterocycles. The Balaban J connectivity index is 0.789. The highest BCUT2D eigenvalue weighted by molar-refractivity contribution is 6.06. The number of ether oxygens (including phenoxy) is 2. The molecule has 3 heterocycles. The summed E-state index contributed by atoms with van der Waals surface area (Å²) in [7, 11) is 1.64. The topological polar surface area (TPSA) is 112 Å². The van der Waals surface area contributed by atoms with Gasteiger partial charge >= 0.3 is 0 Å². The van der Waals surface area contributed by atoms with Gasteiger partial charge in [-0.3, -0.25) is 24.6 Å². The monoisotopic (exact) mass is 744 g/mol. The summed E-state index contributed by atoms with van der Waals surface area (Å²) in [5, 5.41) is 12.5. The van der Waals surface area contributed by atoms with Gasteiger partial charge in [0.2, 0.25) is 11.8 Å². The van der Waals surface area contributed by atoms with Crippen LogP contribution in [0, 0.1) is 11.8 Å². The number of piperidine rings is 1. The third kappa shape index (κ3) is 7.74. The number of carbonyl (C=O) groups is 3. The highest BCUT2D eigenvalue weighted by Gasteiger charge is 2.41. The molecule has 3 amide bonds. The number of aryl methyl sites for hydroxylation is 1. The summed E-state index contributed by atoms with van der Waals surface area (Å²) in [6.45, 7) is 5.67. The quantitative estimate of drug-likeness (QED) is 0.163. The van der Waals surface area contributed by atoms with E-state index in [2.05, 4.69) is 69.8 Å². The molecule has 0 radical (unpaired) electrons. The molecule has 3 aromatic rings. The summed E-state index contributed by atoms with van der Waals surface area (Å²) in [4.78, 5) is 43.9. The minimum absolute atomic E-state index is 0.189. The highest BCUT2D eigenvalue weighted by Crippen LogP contribution is 2.47. The molecule has 2 aliphatic carbocycles. The van der Waals surface area contributed by atoms with Crippen molar-refractivity contribution in [3.8, 4) is 17.2 Å². The summed E-state index contributed by atoms with van der Waals surface area (Å²) in [5.74, 6) is 2.39. The van der Waals surface area contributed by atoms with Gasteiger partial charge in [-0.15, -0.1) is 0 Å². The van der Waals surface area contributed by atoms with E-state index in [9.17, 15) is 19.5 Å². The number of fused-ring (bicyclic) bond motifs is 2. The number of carbonyl (C=O) groups excluding carboxylic acids is 3. The Kier molecular flexibility index (Phi) is 10.9. The normalized spacial score (nSPS) is 23.8. The Labute approximate surface area is 323 Å². The predicted octanol–water partition coefficient (Wildman–Crippen LogP) is 6.36. The number of hydrogen-bond donors (Lipinski definition) is 2. The summed E-state index contributed by atoms with van der Waals surface area (Å²) < 4.78 is 12.1. The number of benzene rings is 3. The maximum Gasteiger partial charge on any atom is 0.255 e. The minimum Gasteiger partial charge on any atom is -0.508 e. The van der Waals surface area contributed by atoms with Crippen LogP contribution >= 0.6 is 0 Å². The van der Waals surface area contributed by atoms with E-state index in [1.165, 1.54) is 16.7 Å². The molecule has 0 aromatic heterocycles. The molecule has 10 heteroatoms. The first kappa shape index (κ1) is 36.9. The van der Waals surface area contributed by atoms with Crippen molar-refractivity contribution in [3.63, 3.8) is 0 Å². The van der Waals surface area contributed by atoms with Gasteiger partial charge in [-0.05, 0) is 116 Å². The van der Waals surface area contributed by atoms with Gasteiger partial charge in [-0.2, -0.15) is 0 Å². The minimum atomic E-state index is -0.647. The van der Waals surface area contributed by atoms with Crippen LogP contribution in [0.25, 0.3) is 0 Å². The third-order valence-electron chi connectivity index (χ3n) is 12.4. The Morgan fingerprint density at radius 3 is 2.49 bits per heavy atom. The average Bonchev–Trinajstić information content (AvgIpc) is 3.54. The Morgan fingerprint density at radius 1 is 0.891 bits per heavy atom. The van der Waals surface area contributed by atoms with Crippen molar-refractivity contribution in [2.45, 2.75) is 69.9 Å². The van der Waals surface area contributed by atoms with Crippen molar-refractivity contribution in [1.29, 1.82) is 0 Å². The molecule has 2 saturated heterocycles. The van der Waals surface area contributed by atoms with Gasteiger partial charge in [0.05, 0.1) is 25.9 Å². The maximum atomic E-state index is 13.3. The van der Waals surface area contributed by atoms with Gasteiger partial charge in [0.25, 0.3) is 5.91 Å². The van der Waals surface area contributed by atoms with E-state index in [1.807, 2.05) is 24.3 Å². The summed E-state index contributed by atoms with van der Waals surface area (Å²) >= 11 is 0. The first-order valence-corrected chi connectivity index (χ1v) is 20.1. The molecule has 3 aromatic carbocycles. The van der Waals surface area contributed by atoms with Crippen molar-refractivity contribution in [3.05, 3.63) is 107 Å². The molecular weight excluding hydrogens is 693 g/mol. The standard InChI is InChI=1S/C45H52N4O6/c1-54-43-38-29-49(40-20-21-41(51)46-44(40)52)45(53)37(38)18-19-39(43)48-25-23-47(24-26-48)22-6-3-7-27-55-34-14-10-31(11-15-34)42-35(30-8-4-2-5-9-30)16-12-32-28-33(50)13-17-36(32)42/h2,4-5,8,10-11,13-15,17-19,28,30,35,40,42,50H,3,6-7,9,12,16,20-27,29H2,1H3,(H,46,51,52)/t30?,35-,40?,42+/m1/s1. The van der Waals surface area contributed by atoms with E-state index in [1.54, 1.807) is 12.0 Å². The number of phenols is 1. The summed E-state index contributed by atoms with van der Waals surface area (Å²) in [6, 6.07) is 17.8. The van der Waals surface area contributed by atoms with Crippen molar-refractivity contribution in [2.75, 3.05) is 51.3 Å². The summed E-state index contributed by atoms with van der Waals surface area (Å²) in [6.07, 6.45) is 16.0. The number of anilines is 1. The van der Waals surface area contributed by atoms with Gasteiger partial charge in [0.15, 0.2) is 0 Å². The van der Waals surface area contributed by atoms with Crippen molar-refractivity contribution < 1.29 is 29.0 Å². The number of unbranched alkanes of at least 4 members (excludes halogenated alkanes) is 2. The number of phenolic OH excluding ortho intramolecular Hbond substituents is 1. The smallest absolute Gasteiger partial charge is 0.255 e. The zero-order valence-corrected chi connectivity index (χ0v) is 31.8. The maximum absolute atomic E-state index is 13.3. The van der Waals surface area contributed by atoms with Gasteiger partial charge < -0.3 is 24.4 Å². The van der Waals surface area contributed by atoms with Crippen LogP contribution in [0.5, 0.6) is 17.2 Å². The lowest BCUT2D eigenvalue weighted by molar-refractivity contribution is -0.136. The molecule has 5 aliphatic rings.